The minimum Gasteiger partial charge on any atom is -0.455 e. The number of benzene rings is 3. The molecule has 0 aliphatic carbocycles. The highest BCUT2D eigenvalue weighted by molar-refractivity contribution is 6.05. The van der Waals surface area contributed by atoms with Crippen molar-refractivity contribution in [3.63, 3.8) is 0 Å². The van der Waals surface area contributed by atoms with Crippen molar-refractivity contribution in [2.24, 2.45) is 11.8 Å². The highest BCUT2D eigenvalue weighted by atomic mass is 16.6. The van der Waals surface area contributed by atoms with E-state index in [0.29, 0.717) is 49.8 Å². The van der Waals surface area contributed by atoms with E-state index in [9.17, 15) is 19.5 Å². The number of carbonyl (C=O) groups is 4. The van der Waals surface area contributed by atoms with E-state index >= 15 is 4.79 Å². The SMILES string of the molecule is C=CCCC(=O)N[C@@H](COC)[C@@H](OC(=O)[C@@H]1[C@@H]2CC[C@]3(O2)[C@H](C(=O)N(CC=C)c2ccc4ccccc4c2)N(CCCCCO)C(=O)[C@@H]13)c1ccccc1. The summed E-state index contributed by atoms with van der Waals surface area (Å²) < 4.78 is 18.6. The van der Waals surface area contributed by atoms with E-state index < -0.39 is 47.7 Å². The van der Waals surface area contributed by atoms with Crippen molar-refractivity contribution in [2.45, 2.75) is 74.8 Å². The highest BCUT2D eigenvalue weighted by Gasteiger charge is 2.75. The smallest absolute Gasteiger partial charge is 0.313 e. The number of esters is 1. The van der Waals surface area contributed by atoms with Gasteiger partial charge in [-0.15, -0.1) is 13.2 Å². The van der Waals surface area contributed by atoms with Crippen molar-refractivity contribution in [3.05, 3.63) is 104 Å². The lowest BCUT2D eigenvalue weighted by Crippen LogP contribution is -2.56. The van der Waals surface area contributed by atoms with Gasteiger partial charge in [-0.25, -0.2) is 0 Å². The fourth-order valence-corrected chi connectivity index (χ4v) is 8.58. The van der Waals surface area contributed by atoms with E-state index in [0.717, 1.165) is 10.8 Å². The molecule has 6 rings (SSSR count). The van der Waals surface area contributed by atoms with Crippen molar-refractivity contribution < 1.29 is 38.5 Å². The van der Waals surface area contributed by atoms with E-state index in [1.807, 2.05) is 72.8 Å². The highest BCUT2D eigenvalue weighted by Crippen LogP contribution is 2.59. The normalized spacial score (nSPS) is 23.8. The third-order valence-electron chi connectivity index (χ3n) is 11.0. The van der Waals surface area contributed by atoms with Crippen LogP contribution >= 0.6 is 0 Å². The number of allylic oxidation sites excluding steroid dienone is 1. The molecule has 1 spiro atoms. The van der Waals surface area contributed by atoms with Gasteiger partial charge in [0.1, 0.15) is 17.7 Å². The summed E-state index contributed by atoms with van der Waals surface area (Å²) in [4.78, 5) is 60.4. The van der Waals surface area contributed by atoms with Crippen LogP contribution in [0.4, 0.5) is 5.69 Å². The van der Waals surface area contributed by atoms with Crippen molar-refractivity contribution in [1.82, 2.24) is 10.2 Å². The zero-order chi connectivity index (χ0) is 38.2. The molecule has 11 nitrogen and oxygen atoms in total. The first-order valence-electron chi connectivity index (χ1n) is 18.9. The molecule has 7 atom stereocenters. The quantitative estimate of drug-likeness (QED) is 0.0965. The molecule has 3 saturated heterocycles. The Morgan fingerprint density at radius 1 is 1.04 bits per heavy atom. The Labute approximate surface area is 316 Å². The number of methoxy groups -OCH3 is 1. The van der Waals surface area contributed by atoms with Gasteiger partial charge < -0.3 is 34.4 Å². The predicted octanol–water partition coefficient (Wildman–Crippen LogP) is 5.28. The molecular formula is C43H51N3O8. The number of carbonyl (C=O) groups excluding carboxylic acids is 4. The average Bonchev–Trinajstić information content (AvgIpc) is 3.83. The number of ether oxygens (including phenoxy) is 3. The van der Waals surface area contributed by atoms with Crippen LogP contribution < -0.4 is 10.2 Å². The lowest BCUT2D eigenvalue weighted by atomic mass is 9.70. The van der Waals surface area contributed by atoms with Crippen LogP contribution in [-0.2, 0) is 33.4 Å². The second-order valence-electron chi connectivity index (χ2n) is 14.4. The number of hydrogen-bond acceptors (Lipinski definition) is 8. The Morgan fingerprint density at radius 2 is 1.80 bits per heavy atom. The maximum Gasteiger partial charge on any atom is 0.313 e. The lowest BCUT2D eigenvalue weighted by molar-refractivity contribution is -0.163. The van der Waals surface area contributed by atoms with Crippen LogP contribution in [0.25, 0.3) is 10.8 Å². The van der Waals surface area contributed by atoms with Gasteiger partial charge in [-0.1, -0.05) is 72.8 Å². The number of nitrogens with one attached hydrogen (secondary N) is 1. The molecule has 0 unspecified atom stereocenters. The van der Waals surface area contributed by atoms with Crippen molar-refractivity contribution in [1.29, 1.82) is 0 Å². The summed E-state index contributed by atoms with van der Waals surface area (Å²) >= 11 is 0. The predicted molar refractivity (Wildman–Crippen MR) is 205 cm³/mol. The van der Waals surface area contributed by atoms with Crippen molar-refractivity contribution >= 4 is 40.2 Å². The van der Waals surface area contributed by atoms with Crippen LogP contribution in [0.1, 0.15) is 56.6 Å². The van der Waals surface area contributed by atoms with E-state index in [4.69, 9.17) is 14.2 Å². The molecule has 2 bridgehead atoms. The zero-order valence-electron chi connectivity index (χ0n) is 30.9. The molecule has 286 valence electrons. The third-order valence-corrected chi connectivity index (χ3v) is 11.0. The van der Waals surface area contributed by atoms with E-state index in [1.165, 1.54) is 7.11 Å². The number of aliphatic hydroxyl groups excluding tert-OH is 1. The molecule has 3 aromatic rings. The van der Waals surface area contributed by atoms with E-state index in [2.05, 4.69) is 18.5 Å². The summed E-state index contributed by atoms with van der Waals surface area (Å²) in [5.74, 6) is -3.40. The third kappa shape index (κ3) is 7.71. The number of likely N-dealkylation sites (tertiary alicyclic amines) is 1. The summed E-state index contributed by atoms with van der Waals surface area (Å²) in [6, 6.07) is 21.1. The van der Waals surface area contributed by atoms with Crippen molar-refractivity contribution in [2.75, 3.05) is 38.3 Å². The molecule has 3 aromatic carbocycles. The van der Waals surface area contributed by atoms with Crippen LogP contribution in [0.2, 0.25) is 0 Å². The monoisotopic (exact) mass is 737 g/mol. The minimum atomic E-state index is -1.25. The summed E-state index contributed by atoms with van der Waals surface area (Å²) in [7, 11) is 1.51. The second kappa shape index (κ2) is 17.5. The molecule has 3 heterocycles. The number of hydrogen-bond donors (Lipinski definition) is 2. The van der Waals surface area contributed by atoms with Gasteiger partial charge in [-0.05, 0) is 67.0 Å². The molecule has 3 aliphatic heterocycles. The molecule has 54 heavy (non-hydrogen) atoms. The zero-order valence-corrected chi connectivity index (χ0v) is 30.9. The largest absolute Gasteiger partial charge is 0.455 e. The van der Waals surface area contributed by atoms with Crippen LogP contribution in [0.15, 0.2) is 98.1 Å². The number of unbranched alkanes of at least 4 members (excludes halogenated alkanes) is 2. The molecule has 11 heteroatoms. The number of aliphatic hydroxyl groups is 1. The van der Waals surface area contributed by atoms with Gasteiger partial charge in [-0.2, -0.15) is 0 Å². The fourth-order valence-electron chi connectivity index (χ4n) is 8.58. The maximum absolute atomic E-state index is 15.0. The molecule has 0 radical (unpaired) electrons. The fraction of sp³-hybridized carbons (Fsp3) is 0.442. The molecule has 0 saturated carbocycles. The van der Waals surface area contributed by atoms with E-state index in [1.54, 1.807) is 22.0 Å². The molecule has 3 aliphatic rings. The van der Waals surface area contributed by atoms with Gasteiger partial charge in [-0.3, -0.25) is 19.2 Å². The number of rotatable bonds is 19. The van der Waals surface area contributed by atoms with Gasteiger partial charge in [0.25, 0.3) is 5.91 Å². The first-order chi connectivity index (χ1) is 26.3. The maximum atomic E-state index is 15.0. The molecule has 2 N–H and O–H groups in total. The van der Waals surface area contributed by atoms with Crippen LogP contribution in [0.5, 0.6) is 0 Å². The number of anilines is 1. The topological polar surface area (TPSA) is 135 Å². The Balaban J connectivity index is 1.34. The molecule has 3 fully saturated rings. The standard InChI is InChI=1S/C43H51N3O8/c1-4-6-19-35(48)44-33(28-52-3)38(30-16-9-7-10-17-30)53-42(51)36-34-22-23-43(54-34)37(36)40(49)46(25-13-8-14-26-47)39(43)41(50)45(24-5-2)32-21-20-29-15-11-12-18-31(29)27-32/h4-5,7,9-12,15-18,20-21,27,33-34,36-39,47H,1-2,6,8,13-14,19,22-26,28H2,3H3,(H,44,48)/t33-,34-,36+,37+,38-,39-,43+/m0/s1. The van der Waals surface area contributed by atoms with Crippen LogP contribution in [-0.4, -0.2) is 90.9 Å². The Morgan fingerprint density at radius 3 is 2.52 bits per heavy atom. The number of amides is 3. The summed E-state index contributed by atoms with van der Waals surface area (Å²) in [6.45, 7) is 8.19. The average molecular weight is 738 g/mol. The Kier molecular flexibility index (Phi) is 12.6. The number of nitrogens with zero attached hydrogens (tertiary/aromatic N) is 2. The van der Waals surface area contributed by atoms with Gasteiger partial charge in [0.05, 0.1) is 30.6 Å². The summed E-state index contributed by atoms with van der Waals surface area (Å²) in [5.41, 5.74) is 0.0742. The van der Waals surface area contributed by atoms with Gasteiger partial charge >= 0.3 is 5.97 Å². The van der Waals surface area contributed by atoms with Crippen molar-refractivity contribution in [3.8, 4) is 0 Å². The van der Waals surface area contributed by atoms with Gasteiger partial charge in [0.15, 0.2) is 0 Å². The molecule has 3 amide bonds. The summed E-state index contributed by atoms with van der Waals surface area (Å²) in [5, 5.41) is 14.4. The summed E-state index contributed by atoms with van der Waals surface area (Å²) in [6.07, 6.45) is 5.14. The number of fused-ring (bicyclic) bond motifs is 2. The van der Waals surface area contributed by atoms with E-state index in [-0.39, 0.29) is 50.4 Å². The second-order valence-corrected chi connectivity index (χ2v) is 14.4. The van der Waals surface area contributed by atoms with Gasteiger partial charge in [0, 0.05) is 38.9 Å². The Hall–Kier alpha value is -4.84. The Bertz CT molecular complexity index is 1830. The minimum absolute atomic E-state index is 0.0258. The molecular weight excluding hydrogens is 686 g/mol. The van der Waals surface area contributed by atoms with Crippen LogP contribution in [0, 0.1) is 11.8 Å². The lowest BCUT2D eigenvalue weighted by Gasteiger charge is -2.37. The van der Waals surface area contributed by atoms with Crippen LogP contribution in [0.3, 0.4) is 0 Å². The first kappa shape index (κ1) is 38.9. The first-order valence-corrected chi connectivity index (χ1v) is 18.9. The van der Waals surface area contributed by atoms with Gasteiger partial charge in [0.2, 0.25) is 11.8 Å². The molecule has 0 aromatic heterocycles.